The van der Waals surface area contributed by atoms with E-state index in [0.717, 1.165) is 5.56 Å². The Morgan fingerprint density at radius 3 is 3.04 bits per heavy atom. The molecule has 0 atom stereocenters. The van der Waals surface area contributed by atoms with Gasteiger partial charge in [-0.15, -0.1) is 0 Å². The molecular formula is C16H16ClN3O4. The van der Waals surface area contributed by atoms with Crippen LogP contribution in [-0.2, 0) is 24.3 Å². The van der Waals surface area contributed by atoms with Crippen LogP contribution in [0.3, 0.4) is 0 Å². The van der Waals surface area contributed by atoms with Crippen LogP contribution in [-0.4, -0.2) is 27.2 Å². The van der Waals surface area contributed by atoms with Gasteiger partial charge >= 0.3 is 0 Å². The molecule has 2 heterocycles. The second kappa shape index (κ2) is 6.62. The van der Waals surface area contributed by atoms with Gasteiger partial charge in [0.15, 0.2) is 5.56 Å². The number of hydrogen-bond acceptors (Lipinski definition) is 5. The Bertz CT molecular complexity index is 863. The third kappa shape index (κ3) is 2.88. The number of nitrogens with one attached hydrogen (secondary N) is 1. The van der Waals surface area contributed by atoms with Crippen molar-refractivity contribution < 1.29 is 14.6 Å². The predicted octanol–water partition coefficient (Wildman–Crippen LogP) is 1.95. The number of anilines is 1. The lowest BCUT2D eigenvalue weighted by Crippen LogP contribution is -2.36. The fourth-order valence-corrected chi connectivity index (χ4v) is 2.89. The molecule has 2 aromatic rings. The summed E-state index contributed by atoms with van der Waals surface area (Å²) < 4.78 is 6.53. The number of ether oxygens (including phenoxy) is 1. The Kier molecular flexibility index (Phi) is 4.55. The van der Waals surface area contributed by atoms with Crippen molar-refractivity contribution in [1.82, 2.24) is 9.55 Å². The van der Waals surface area contributed by atoms with Crippen molar-refractivity contribution in [2.45, 2.75) is 26.5 Å². The van der Waals surface area contributed by atoms with Crippen LogP contribution < -0.4 is 10.9 Å². The molecule has 1 aromatic heterocycles. The summed E-state index contributed by atoms with van der Waals surface area (Å²) >= 11 is 6.24. The standard InChI is InChI=1S/C16H16ClN3O4/c1-2-9-4-3-5-10(13(9)17)18-14(21)12-15(22)19-11-8-24-7-6-20(11)16(12)23/h3-5,22H,2,6-8H2,1H3,(H,18,21). The fraction of sp³-hybridized carbons (Fsp3) is 0.312. The number of hydrogen-bond donors (Lipinski definition) is 2. The molecule has 0 saturated carbocycles. The average Bonchev–Trinajstić information content (AvgIpc) is 2.57. The molecule has 8 heteroatoms. The minimum atomic E-state index is -0.748. The Labute approximate surface area is 142 Å². The van der Waals surface area contributed by atoms with Crippen LogP contribution in [0, 0.1) is 0 Å². The third-order valence-electron chi connectivity index (χ3n) is 3.85. The molecule has 126 valence electrons. The molecule has 24 heavy (non-hydrogen) atoms. The van der Waals surface area contributed by atoms with E-state index in [0.29, 0.717) is 29.6 Å². The number of rotatable bonds is 3. The number of carbonyl (C=O) groups excluding carboxylic acids is 1. The number of nitrogens with zero attached hydrogens (tertiary/aromatic N) is 2. The highest BCUT2D eigenvalue weighted by Gasteiger charge is 2.24. The maximum absolute atomic E-state index is 12.5. The van der Waals surface area contributed by atoms with Gasteiger partial charge in [0.2, 0.25) is 5.88 Å². The van der Waals surface area contributed by atoms with Crippen molar-refractivity contribution in [3.63, 3.8) is 0 Å². The Morgan fingerprint density at radius 1 is 1.50 bits per heavy atom. The zero-order valence-electron chi connectivity index (χ0n) is 13.0. The highest BCUT2D eigenvalue weighted by Crippen LogP contribution is 2.27. The first kappa shape index (κ1) is 16.5. The van der Waals surface area contributed by atoms with E-state index < -0.39 is 22.9 Å². The maximum atomic E-state index is 12.5. The Balaban J connectivity index is 1.98. The highest BCUT2D eigenvalue weighted by atomic mass is 35.5. The smallest absolute Gasteiger partial charge is 0.270 e. The van der Waals surface area contributed by atoms with Gasteiger partial charge in [-0.05, 0) is 18.1 Å². The van der Waals surface area contributed by atoms with Crippen LogP contribution in [0.1, 0.15) is 28.7 Å². The number of benzene rings is 1. The van der Waals surface area contributed by atoms with Crippen molar-refractivity contribution in [2.24, 2.45) is 0 Å². The predicted molar refractivity (Wildman–Crippen MR) is 88.6 cm³/mol. The van der Waals surface area contributed by atoms with Crippen molar-refractivity contribution in [3.05, 3.63) is 50.5 Å². The zero-order valence-corrected chi connectivity index (χ0v) is 13.8. The lowest BCUT2D eigenvalue weighted by Gasteiger charge is -2.19. The van der Waals surface area contributed by atoms with Crippen LogP contribution in [0.15, 0.2) is 23.0 Å². The van der Waals surface area contributed by atoms with Crippen molar-refractivity contribution in [3.8, 4) is 5.88 Å². The van der Waals surface area contributed by atoms with Crippen molar-refractivity contribution in [2.75, 3.05) is 11.9 Å². The van der Waals surface area contributed by atoms with Gasteiger partial charge in [0.25, 0.3) is 11.5 Å². The summed E-state index contributed by atoms with van der Waals surface area (Å²) in [5, 5.41) is 13.0. The molecule has 7 nitrogen and oxygen atoms in total. The first-order valence-electron chi connectivity index (χ1n) is 7.52. The van der Waals surface area contributed by atoms with Crippen molar-refractivity contribution >= 4 is 23.2 Å². The first-order valence-corrected chi connectivity index (χ1v) is 7.90. The molecule has 2 N–H and O–H groups in total. The van der Waals surface area contributed by atoms with Gasteiger partial charge in [0.1, 0.15) is 12.4 Å². The number of carbonyl (C=O) groups is 1. The minimum absolute atomic E-state index is 0.120. The van der Waals surface area contributed by atoms with E-state index in [-0.39, 0.29) is 13.2 Å². The summed E-state index contributed by atoms with van der Waals surface area (Å²) in [4.78, 5) is 28.9. The van der Waals surface area contributed by atoms with Crippen LogP contribution >= 0.6 is 11.6 Å². The topological polar surface area (TPSA) is 93.5 Å². The number of aromatic hydroxyl groups is 1. The molecule has 1 aliphatic heterocycles. The van der Waals surface area contributed by atoms with Crippen molar-refractivity contribution in [1.29, 1.82) is 0 Å². The summed E-state index contributed by atoms with van der Waals surface area (Å²) in [5.41, 5.74) is 0.252. The van der Waals surface area contributed by atoms with Crippen LogP contribution in [0.25, 0.3) is 0 Å². The molecule has 0 saturated heterocycles. The maximum Gasteiger partial charge on any atom is 0.270 e. The summed E-state index contributed by atoms with van der Waals surface area (Å²) in [6, 6.07) is 5.24. The van der Waals surface area contributed by atoms with E-state index in [1.54, 1.807) is 12.1 Å². The summed E-state index contributed by atoms with van der Waals surface area (Å²) in [7, 11) is 0. The van der Waals surface area contributed by atoms with Crippen LogP contribution in [0.2, 0.25) is 5.02 Å². The molecule has 0 unspecified atom stereocenters. The first-order chi connectivity index (χ1) is 11.5. The van der Waals surface area contributed by atoms with E-state index in [2.05, 4.69) is 10.3 Å². The van der Waals surface area contributed by atoms with E-state index in [4.69, 9.17) is 16.3 Å². The Hall–Kier alpha value is -2.38. The van der Waals surface area contributed by atoms with Gasteiger partial charge in [-0.3, -0.25) is 14.2 Å². The quantitative estimate of drug-likeness (QED) is 0.883. The van der Waals surface area contributed by atoms with Gasteiger partial charge < -0.3 is 15.2 Å². The lowest BCUT2D eigenvalue weighted by atomic mass is 10.1. The van der Waals surface area contributed by atoms with E-state index >= 15 is 0 Å². The highest BCUT2D eigenvalue weighted by molar-refractivity contribution is 6.34. The second-order valence-electron chi connectivity index (χ2n) is 5.32. The number of aromatic nitrogens is 2. The van der Waals surface area contributed by atoms with E-state index in [1.165, 1.54) is 4.57 Å². The van der Waals surface area contributed by atoms with Gasteiger partial charge in [-0.25, -0.2) is 0 Å². The second-order valence-corrected chi connectivity index (χ2v) is 5.70. The molecule has 0 bridgehead atoms. The molecule has 0 radical (unpaired) electrons. The van der Waals surface area contributed by atoms with E-state index in [1.807, 2.05) is 13.0 Å². The Morgan fingerprint density at radius 2 is 2.29 bits per heavy atom. The van der Waals surface area contributed by atoms with Gasteiger partial charge in [0.05, 0.1) is 23.9 Å². The molecule has 1 aliphatic rings. The van der Waals surface area contributed by atoms with Crippen LogP contribution in [0.4, 0.5) is 5.69 Å². The number of fused-ring (bicyclic) bond motifs is 1. The summed E-state index contributed by atoms with van der Waals surface area (Å²) in [6.07, 6.45) is 0.705. The number of aryl methyl sites for hydroxylation is 1. The number of amides is 1. The zero-order chi connectivity index (χ0) is 17.3. The van der Waals surface area contributed by atoms with Gasteiger partial charge in [-0.2, -0.15) is 4.98 Å². The molecule has 0 aliphatic carbocycles. The normalized spacial score (nSPS) is 13.4. The van der Waals surface area contributed by atoms with Gasteiger partial charge in [-0.1, -0.05) is 30.7 Å². The molecule has 3 rings (SSSR count). The molecule has 0 spiro atoms. The minimum Gasteiger partial charge on any atom is -0.493 e. The summed E-state index contributed by atoms with van der Waals surface area (Å²) in [6.45, 7) is 2.70. The van der Waals surface area contributed by atoms with Gasteiger partial charge in [0, 0.05) is 0 Å². The molecular weight excluding hydrogens is 334 g/mol. The molecule has 1 aromatic carbocycles. The molecule has 1 amide bonds. The number of halogens is 1. The lowest BCUT2D eigenvalue weighted by molar-refractivity contribution is 0.0766. The SMILES string of the molecule is CCc1cccc(NC(=O)c2c(O)nc3n(c2=O)CCOC3)c1Cl. The molecule has 0 fully saturated rings. The van der Waals surface area contributed by atoms with E-state index in [9.17, 15) is 14.7 Å². The summed E-state index contributed by atoms with van der Waals surface area (Å²) in [5.74, 6) is -1.06. The fourth-order valence-electron chi connectivity index (χ4n) is 2.58. The third-order valence-corrected chi connectivity index (χ3v) is 4.30. The monoisotopic (exact) mass is 349 g/mol. The van der Waals surface area contributed by atoms with Crippen LogP contribution in [0.5, 0.6) is 5.88 Å². The average molecular weight is 350 g/mol. The largest absolute Gasteiger partial charge is 0.493 e.